The van der Waals surface area contributed by atoms with E-state index in [1.165, 1.54) is 30.6 Å². The fourth-order valence-electron chi connectivity index (χ4n) is 2.45. The summed E-state index contributed by atoms with van der Waals surface area (Å²) >= 11 is 7.49. The molecule has 0 unspecified atom stereocenters. The van der Waals surface area contributed by atoms with Crippen molar-refractivity contribution in [2.24, 2.45) is 5.73 Å². The number of hydrogen-bond donors (Lipinski definition) is 1. The van der Waals surface area contributed by atoms with Gasteiger partial charge >= 0.3 is 0 Å². The number of carbonyl (C=O) groups is 1. The fourth-order valence-corrected chi connectivity index (χ4v) is 3.69. The zero-order chi connectivity index (χ0) is 13.4. The van der Waals surface area contributed by atoms with E-state index in [1.54, 1.807) is 0 Å². The van der Waals surface area contributed by atoms with E-state index in [9.17, 15) is 4.79 Å². The van der Waals surface area contributed by atoms with Crippen LogP contribution in [0, 0.1) is 0 Å². The van der Waals surface area contributed by atoms with Gasteiger partial charge in [-0.1, -0.05) is 11.6 Å². The number of nitrogens with two attached hydrogens (primary N) is 1. The molecular weight excluding hydrogens is 282 g/mol. The van der Waals surface area contributed by atoms with E-state index in [0.717, 1.165) is 23.5 Å². The number of hydrogen-bond acceptors (Lipinski definition) is 4. The Morgan fingerprint density at radius 1 is 1.32 bits per heavy atom. The Morgan fingerprint density at radius 2 is 2.05 bits per heavy atom. The number of carbonyl (C=O) groups excluding carboxylic acids is 1. The lowest BCUT2D eigenvalue weighted by Crippen LogP contribution is -2.29. The average molecular weight is 296 g/mol. The molecule has 3 rings (SSSR count). The predicted octanol–water partition coefficient (Wildman–Crippen LogP) is 3.04. The highest BCUT2D eigenvalue weighted by molar-refractivity contribution is 7.21. The van der Waals surface area contributed by atoms with Gasteiger partial charge in [-0.05, 0) is 31.4 Å². The molecule has 4 nitrogen and oxygen atoms in total. The number of amides is 1. The smallest absolute Gasteiger partial charge is 0.277 e. The van der Waals surface area contributed by atoms with E-state index >= 15 is 0 Å². The standard InChI is InChI=1S/C13H14ClN3OS/c14-8-4-5-9(17-6-2-1-3-7-17)11-10(8)16-13(19-11)12(15)18/h4-5H,1-3,6-7H2,(H2,15,18). The Kier molecular flexibility index (Phi) is 3.33. The van der Waals surface area contributed by atoms with E-state index < -0.39 is 5.91 Å². The van der Waals surface area contributed by atoms with Crippen molar-refractivity contribution in [3.63, 3.8) is 0 Å². The number of aromatic nitrogens is 1. The van der Waals surface area contributed by atoms with Crippen LogP contribution in [0.5, 0.6) is 0 Å². The third kappa shape index (κ3) is 2.28. The van der Waals surface area contributed by atoms with Gasteiger partial charge in [0.15, 0.2) is 5.01 Å². The number of primary amides is 1. The number of halogens is 1. The van der Waals surface area contributed by atoms with Gasteiger partial charge in [-0.2, -0.15) is 0 Å². The highest BCUT2D eigenvalue weighted by Gasteiger charge is 2.19. The maximum absolute atomic E-state index is 11.3. The van der Waals surface area contributed by atoms with Crippen molar-refractivity contribution in [3.8, 4) is 0 Å². The molecule has 6 heteroatoms. The molecule has 2 aromatic rings. The summed E-state index contributed by atoms with van der Waals surface area (Å²) < 4.78 is 0.961. The first-order valence-electron chi connectivity index (χ1n) is 6.30. The molecule has 1 fully saturated rings. The van der Waals surface area contributed by atoms with Crippen LogP contribution in [0.25, 0.3) is 10.2 Å². The summed E-state index contributed by atoms with van der Waals surface area (Å²) in [6.45, 7) is 2.08. The molecule has 0 spiro atoms. The van der Waals surface area contributed by atoms with Crippen LogP contribution >= 0.6 is 22.9 Å². The highest BCUT2D eigenvalue weighted by Crippen LogP contribution is 2.37. The second kappa shape index (κ2) is 4.98. The number of rotatable bonds is 2. The molecule has 19 heavy (non-hydrogen) atoms. The van der Waals surface area contributed by atoms with Gasteiger partial charge in [0, 0.05) is 13.1 Å². The van der Waals surface area contributed by atoms with Gasteiger partial charge in [0.05, 0.1) is 15.4 Å². The molecule has 1 aliphatic heterocycles. The Labute approximate surface area is 120 Å². The van der Waals surface area contributed by atoms with Crippen LogP contribution in [0.3, 0.4) is 0 Å². The Balaban J connectivity index is 2.13. The van der Waals surface area contributed by atoms with Crippen LogP contribution in [0.15, 0.2) is 12.1 Å². The normalized spacial score (nSPS) is 15.9. The van der Waals surface area contributed by atoms with Crippen LogP contribution < -0.4 is 10.6 Å². The second-order valence-corrected chi connectivity index (χ2v) is 6.08. The van der Waals surface area contributed by atoms with Crippen LogP contribution in [0.2, 0.25) is 5.02 Å². The third-order valence-corrected chi connectivity index (χ3v) is 4.78. The van der Waals surface area contributed by atoms with E-state index in [1.807, 2.05) is 12.1 Å². The Hall–Kier alpha value is -1.33. The lowest BCUT2D eigenvalue weighted by Gasteiger charge is -2.29. The summed E-state index contributed by atoms with van der Waals surface area (Å²) in [5, 5.41) is 0.890. The molecule has 0 aliphatic carbocycles. The van der Waals surface area contributed by atoms with Crippen LogP contribution in [-0.4, -0.2) is 24.0 Å². The summed E-state index contributed by atoms with van der Waals surface area (Å²) in [5.41, 5.74) is 7.11. The maximum atomic E-state index is 11.3. The van der Waals surface area contributed by atoms with Crippen molar-refractivity contribution in [2.75, 3.05) is 18.0 Å². The average Bonchev–Trinajstić information content (AvgIpc) is 2.86. The number of piperidine rings is 1. The number of anilines is 1. The molecule has 0 bridgehead atoms. The second-order valence-electron chi connectivity index (χ2n) is 4.68. The molecule has 2 heterocycles. The molecule has 0 saturated carbocycles. The molecule has 1 aliphatic rings. The minimum Gasteiger partial charge on any atom is -0.370 e. The van der Waals surface area contributed by atoms with E-state index in [-0.39, 0.29) is 0 Å². The topological polar surface area (TPSA) is 59.2 Å². The monoisotopic (exact) mass is 295 g/mol. The molecule has 100 valence electrons. The van der Waals surface area contributed by atoms with Gasteiger partial charge in [0.25, 0.3) is 5.91 Å². The maximum Gasteiger partial charge on any atom is 0.277 e. The van der Waals surface area contributed by atoms with Crippen molar-refractivity contribution < 1.29 is 4.79 Å². The Morgan fingerprint density at radius 3 is 2.74 bits per heavy atom. The van der Waals surface area contributed by atoms with Crippen molar-refractivity contribution in [1.82, 2.24) is 4.98 Å². The molecule has 1 aromatic heterocycles. The summed E-state index contributed by atoms with van der Waals surface area (Å²) in [6, 6.07) is 3.86. The number of fused-ring (bicyclic) bond motifs is 1. The third-order valence-electron chi connectivity index (χ3n) is 3.38. The first-order valence-corrected chi connectivity index (χ1v) is 7.50. The molecule has 1 saturated heterocycles. The van der Waals surface area contributed by atoms with Gasteiger partial charge in [-0.3, -0.25) is 4.79 Å². The zero-order valence-electron chi connectivity index (χ0n) is 10.4. The molecule has 0 atom stereocenters. The summed E-state index contributed by atoms with van der Waals surface area (Å²) in [4.78, 5) is 17.9. The number of thiazole rings is 1. The minimum atomic E-state index is -0.498. The van der Waals surface area contributed by atoms with E-state index in [4.69, 9.17) is 17.3 Å². The zero-order valence-corrected chi connectivity index (χ0v) is 11.9. The Bertz CT molecular complexity index is 634. The highest BCUT2D eigenvalue weighted by atomic mass is 35.5. The SMILES string of the molecule is NC(=O)c1nc2c(Cl)ccc(N3CCCCC3)c2s1. The predicted molar refractivity (Wildman–Crippen MR) is 79.2 cm³/mol. The number of benzene rings is 1. The van der Waals surface area contributed by atoms with E-state index in [2.05, 4.69) is 9.88 Å². The van der Waals surface area contributed by atoms with Crippen molar-refractivity contribution in [2.45, 2.75) is 19.3 Å². The van der Waals surface area contributed by atoms with Crippen molar-refractivity contribution in [1.29, 1.82) is 0 Å². The van der Waals surface area contributed by atoms with Crippen LogP contribution in [-0.2, 0) is 0 Å². The summed E-state index contributed by atoms with van der Waals surface area (Å²) in [7, 11) is 0. The first kappa shape index (κ1) is 12.7. The van der Waals surface area contributed by atoms with Crippen LogP contribution in [0.1, 0.15) is 29.1 Å². The summed E-state index contributed by atoms with van der Waals surface area (Å²) in [5.74, 6) is -0.498. The van der Waals surface area contributed by atoms with Crippen molar-refractivity contribution in [3.05, 3.63) is 22.2 Å². The lowest BCUT2D eigenvalue weighted by molar-refractivity contribution is 0.1000. The van der Waals surface area contributed by atoms with Crippen molar-refractivity contribution >= 4 is 44.7 Å². The lowest BCUT2D eigenvalue weighted by atomic mass is 10.1. The van der Waals surface area contributed by atoms with Gasteiger partial charge in [0.2, 0.25) is 0 Å². The molecule has 1 amide bonds. The fraction of sp³-hybridized carbons (Fsp3) is 0.385. The molecular formula is C13H14ClN3OS. The molecule has 0 radical (unpaired) electrons. The first-order chi connectivity index (χ1) is 9.16. The summed E-state index contributed by atoms with van der Waals surface area (Å²) in [6.07, 6.45) is 3.68. The van der Waals surface area contributed by atoms with E-state index in [0.29, 0.717) is 15.5 Å². The minimum absolute atomic E-state index is 0.321. The largest absolute Gasteiger partial charge is 0.370 e. The van der Waals surface area contributed by atoms with Gasteiger partial charge in [0.1, 0.15) is 5.52 Å². The number of nitrogens with zero attached hydrogens (tertiary/aromatic N) is 2. The van der Waals surface area contributed by atoms with Gasteiger partial charge in [-0.25, -0.2) is 4.98 Å². The van der Waals surface area contributed by atoms with Crippen LogP contribution in [0.4, 0.5) is 5.69 Å². The molecule has 1 aromatic carbocycles. The quantitative estimate of drug-likeness (QED) is 0.926. The molecule has 2 N–H and O–H groups in total. The van der Waals surface area contributed by atoms with Gasteiger partial charge in [-0.15, -0.1) is 11.3 Å². The van der Waals surface area contributed by atoms with Gasteiger partial charge < -0.3 is 10.6 Å².